The van der Waals surface area contributed by atoms with Gasteiger partial charge in [0, 0.05) is 5.56 Å². The van der Waals surface area contributed by atoms with Crippen LogP contribution in [-0.4, -0.2) is 19.3 Å². The van der Waals surface area contributed by atoms with E-state index in [-0.39, 0.29) is 5.56 Å². The van der Waals surface area contributed by atoms with Gasteiger partial charge in [-0.05, 0) is 36.4 Å². The van der Waals surface area contributed by atoms with Crippen LogP contribution in [0.2, 0.25) is 0 Å². The average Bonchev–Trinajstić information content (AvgIpc) is 2.48. The van der Waals surface area contributed by atoms with Gasteiger partial charge in [0.25, 0.3) is 0 Å². The van der Waals surface area contributed by atoms with Crippen LogP contribution in [0.25, 0.3) is 0 Å². The molecule has 0 atom stereocenters. The highest BCUT2D eigenvalue weighted by atomic mass is 19.1. The number of hydrogen-bond donors (Lipinski definition) is 0. The van der Waals surface area contributed by atoms with Gasteiger partial charge in [0.05, 0.1) is 18.9 Å². The zero-order chi connectivity index (χ0) is 14.4. The minimum atomic E-state index is -0.656. The lowest BCUT2D eigenvalue weighted by Crippen LogP contribution is -2.01. The number of rotatable bonds is 4. The van der Waals surface area contributed by atoms with E-state index in [2.05, 4.69) is 5.16 Å². The fourth-order valence-electron chi connectivity index (χ4n) is 1.54. The molecule has 0 aliphatic rings. The zero-order valence-corrected chi connectivity index (χ0v) is 10.7. The van der Waals surface area contributed by atoms with Gasteiger partial charge in [0.2, 0.25) is 0 Å². The van der Waals surface area contributed by atoms with Gasteiger partial charge in [0.15, 0.2) is 0 Å². The van der Waals surface area contributed by atoms with Crippen molar-refractivity contribution in [1.29, 1.82) is 0 Å². The summed E-state index contributed by atoms with van der Waals surface area (Å²) in [5.74, 6) is -0.454. The third-order valence-electron chi connectivity index (χ3n) is 2.55. The number of halogens is 1. The maximum Gasteiger partial charge on any atom is 0.365 e. The molecule has 0 amide bonds. The molecule has 5 heteroatoms. The van der Waals surface area contributed by atoms with Gasteiger partial charge >= 0.3 is 5.97 Å². The maximum atomic E-state index is 12.7. The monoisotopic (exact) mass is 273 g/mol. The summed E-state index contributed by atoms with van der Waals surface area (Å²) in [6.07, 6.45) is 1.38. The second-order valence-corrected chi connectivity index (χ2v) is 3.86. The summed E-state index contributed by atoms with van der Waals surface area (Å²) in [6, 6.07) is 12.2. The number of carbonyl (C=O) groups is 1. The van der Waals surface area contributed by atoms with Crippen LogP contribution in [0.1, 0.15) is 15.9 Å². The van der Waals surface area contributed by atoms with Gasteiger partial charge in [-0.15, -0.1) is 0 Å². The van der Waals surface area contributed by atoms with Crippen LogP contribution in [0.15, 0.2) is 53.7 Å². The first-order chi connectivity index (χ1) is 9.70. The smallest absolute Gasteiger partial charge is 0.365 e. The van der Waals surface area contributed by atoms with Crippen molar-refractivity contribution in [3.05, 3.63) is 65.5 Å². The van der Waals surface area contributed by atoms with Crippen molar-refractivity contribution in [2.75, 3.05) is 7.11 Å². The Bertz CT molecular complexity index is 623. The SMILES string of the molecule is COc1ccccc1/C=N\OC(=O)c1ccc(F)cc1. The van der Waals surface area contributed by atoms with Crippen molar-refractivity contribution in [3.63, 3.8) is 0 Å². The summed E-state index contributed by atoms with van der Waals surface area (Å²) >= 11 is 0. The van der Waals surface area contributed by atoms with Crippen molar-refractivity contribution in [2.24, 2.45) is 5.16 Å². The van der Waals surface area contributed by atoms with Crippen molar-refractivity contribution >= 4 is 12.2 Å². The number of para-hydroxylation sites is 1. The molecule has 0 aromatic heterocycles. The van der Waals surface area contributed by atoms with Gasteiger partial charge in [-0.3, -0.25) is 0 Å². The number of methoxy groups -OCH3 is 1. The summed E-state index contributed by atoms with van der Waals surface area (Å²) in [4.78, 5) is 16.3. The van der Waals surface area contributed by atoms with Crippen LogP contribution in [-0.2, 0) is 4.84 Å². The Hall–Kier alpha value is -2.69. The summed E-state index contributed by atoms with van der Waals surface area (Å²) < 4.78 is 17.8. The molecule has 102 valence electrons. The maximum absolute atomic E-state index is 12.7. The van der Waals surface area contributed by atoms with Crippen LogP contribution in [0.5, 0.6) is 5.75 Å². The molecule has 0 aliphatic heterocycles. The molecule has 0 spiro atoms. The Morgan fingerprint density at radius 1 is 1.15 bits per heavy atom. The largest absolute Gasteiger partial charge is 0.496 e. The van der Waals surface area contributed by atoms with Gasteiger partial charge < -0.3 is 9.57 Å². The summed E-state index contributed by atoms with van der Waals surface area (Å²) in [7, 11) is 1.54. The fourth-order valence-corrected chi connectivity index (χ4v) is 1.54. The quantitative estimate of drug-likeness (QED) is 0.488. The Kier molecular flexibility index (Phi) is 4.44. The normalized spacial score (nSPS) is 10.5. The Labute approximate surface area is 115 Å². The van der Waals surface area contributed by atoms with Crippen molar-refractivity contribution in [2.45, 2.75) is 0 Å². The zero-order valence-electron chi connectivity index (χ0n) is 10.7. The highest BCUT2D eigenvalue weighted by molar-refractivity contribution is 5.90. The van der Waals surface area contributed by atoms with E-state index in [0.29, 0.717) is 11.3 Å². The van der Waals surface area contributed by atoms with Crippen molar-refractivity contribution < 1.29 is 18.8 Å². The van der Waals surface area contributed by atoms with E-state index in [1.807, 2.05) is 12.1 Å². The van der Waals surface area contributed by atoms with E-state index >= 15 is 0 Å². The van der Waals surface area contributed by atoms with E-state index in [9.17, 15) is 9.18 Å². The second kappa shape index (κ2) is 6.47. The average molecular weight is 273 g/mol. The summed E-state index contributed by atoms with van der Waals surface area (Å²) in [6.45, 7) is 0. The summed E-state index contributed by atoms with van der Waals surface area (Å²) in [5.41, 5.74) is 0.908. The van der Waals surface area contributed by atoms with Crippen LogP contribution in [0.3, 0.4) is 0 Å². The predicted molar refractivity (Wildman–Crippen MR) is 72.4 cm³/mol. The standard InChI is InChI=1S/C15H12FNO3/c1-19-14-5-3-2-4-12(14)10-17-20-15(18)11-6-8-13(16)9-7-11/h2-10H,1H3/b17-10-. The third-order valence-corrected chi connectivity index (χ3v) is 2.55. The lowest BCUT2D eigenvalue weighted by Gasteiger charge is -2.02. The topological polar surface area (TPSA) is 47.9 Å². The van der Waals surface area contributed by atoms with Gasteiger partial charge in [-0.1, -0.05) is 17.3 Å². The number of hydrogen-bond acceptors (Lipinski definition) is 4. The predicted octanol–water partition coefficient (Wildman–Crippen LogP) is 3.03. The number of benzene rings is 2. The first-order valence-electron chi connectivity index (χ1n) is 5.84. The van der Waals surface area contributed by atoms with E-state index in [0.717, 1.165) is 0 Å². The van der Waals surface area contributed by atoms with Crippen LogP contribution >= 0.6 is 0 Å². The molecule has 2 aromatic rings. The lowest BCUT2D eigenvalue weighted by atomic mass is 10.2. The molecule has 0 saturated carbocycles. The molecule has 0 aliphatic carbocycles. The van der Waals surface area contributed by atoms with E-state index < -0.39 is 11.8 Å². The van der Waals surface area contributed by atoms with Crippen LogP contribution in [0.4, 0.5) is 4.39 Å². The number of oxime groups is 1. The first kappa shape index (κ1) is 13.7. The molecule has 0 bridgehead atoms. The number of ether oxygens (including phenoxy) is 1. The van der Waals surface area contributed by atoms with Crippen molar-refractivity contribution in [3.8, 4) is 5.75 Å². The highest BCUT2D eigenvalue weighted by Gasteiger charge is 2.06. The van der Waals surface area contributed by atoms with E-state index in [4.69, 9.17) is 9.57 Å². The molecular formula is C15H12FNO3. The molecule has 4 nitrogen and oxygen atoms in total. The van der Waals surface area contributed by atoms with Gasteiger partial charge in [-0.25, -0.2) is 9.18 Å². The molecule has 0 fully saturated rings. The fraction of sp³-hybridized carbons (Fsp3) is 0.0667. The number of carbonyl (C=O) groups excluding carboxylic acids is 1. The summed E-state index contributed by atoms with van der Waals surface area (Å²) in [5, 5.41) is 3.60. The number of nitrogens with zero attached hydrogens (tertiary/aromatic N) is 1. The Morgan fingerprint density at radius 2 is 1.85 bits per heavy atom. The Balaban J connectivity index is 2.02. The highest BCUT2D eigenvalue weighted by Crippen LogP contribution is 2.14. The minimum Gasteiger partial charge on any atom is -0.496 e. The molecule has 0 heterocycles. The van der Waals surface area contributed by atoms with E-state index in [1.54, 1.807) is 12.1 Å². The molecule has 2 rings (SSSR count). The second-order valence-electron chi connectivity index (χ2n) is 3.86. The van der Waals surface area contributed by atoms with Crippen LogP contribution < -0.4 is 4.74 Å². The van der Waals surface area contributed by atoms with Gasteiger partial charge in [0.1, 0.15) is 11.6 Å². The molecule has 0 saturated heterocycles. The molecule has 2 aromatic carbocycles. The lowest BCUT2D eigenvalue weighted by molar-refractivity contribution is 0.0519. The molecule has 0 radical (unpaired) electrons. The van der Waals surface area contributed by atoms with Crippen molar-refractivity contribution in [1.82, 2.24) is 0 Å². The molecule has 20 heavy (non-hydrogen) atoms. The minimum absolute atomic E-state index is 0.226. The molecule has 0 N–H and O–H groups in total. The Morgan fingerprint density at radius 3 is 2.55 bits per heavy atom. The third kappa shape index (κ3) is 3.41. The van der Waals surface area contributed by atoms with Gasteiger partial charge in [-0.2, -0.15) is 0 Å². The van der Waals surface area contributed by atoms with E-state index in [1.165, 1.54) is 37.6 Å². The molecular weight excluding hydrogens is 261 g/mol. The molecule has 0 unspecified atom stereocenters. The first-order valence-corrected chi connectivity index (χ1v) is 5.84. The van der Waals surface area contributed by atoms with Crippen LogP contribution in [0, 0.1) is 5.82 Å².